The zero-order chi connectivity index (χ0) is 12.3. The molecule has 2 rings (SSSR count). The molecule has 2 heteroatoms. The Hall–Kier alpha value is -0.0800. The van der Waals surface area contributed by atoms with Gasteiger partial charge in [0.25, 0.3) is 0 Å². The molecule has 0 aromatic heterocycles. The fraction of sp³-hybridized carbons (Fsp3) is 1.00. The molecule has 1 N–H and O–H groups in total. The first-order valence-electron chi connectivity index (χ1n) is 7.68. The van der Waals surface area contributed by atoms with Crippen molar-refractivity contribution < 1.29 is 0 Å². The van der Waals surface area contributed by atoms with Gasteiger partial charge in [-0.15, -0.1) is 0 Å². The molecular formula is C15H30N2. The summed E-state index contributed by atoms with van der Waals surface area (Å²) in [7, 11) is 0. The summed E-state index contributed by atoms with van der Waals surface area (Å²) >= 11 is 0. The average molecular weight is 238 g/mol. The Labute approximate surface area is 107 Å². The van der Waals surface area contributed by atoms with Gasteiger partial charge in [0.1, 0.15) is 0 Å². The molecule has 0 aromatic carbocycles. The van der Waals surface area contributed by atoms with E-state index < -0.39 is 0 Å². The molecule has 2 nitrogen and oxygen atoms in total. The van der Waals surface area contributed by atoms with E-state index in [4.69, 9.17) is 0 Å². The fourth-order valence-corrected chi connectivity index (χ4v) is 3.61. The molecule has 2 aliphatic rings. The summed E-state index contributed by atoms with van der Waals surface area (Å²) in [5.41, 5.74) is 0. The molecule has 3 unspecified atom stereocenters. The van der Waals surface area contributed by atoms with Gasteiger partial charge in [-0.25, -0.2) is 0 Å². The van der Waals surface area contributed by atoms with Crippen LogP contribution < -0.4 is 5.32 Å². The summed E-state index contributed by atoms with van der Waals surface area (Å²) in [6.45, 7) is 10.9. The Morgan fingerprint density at radius 3 is 2.29 bits per heavy atom. The Kier molecular flexibility index (Phi) is 4.87. The van der Waals surface area contributed by atoms with E-state index >= 15 is 0 Å². The SMILES string of the molecule is CCNC1CCN(C2CCC(C)C(C)C2)CC1. The van der Waals surface area contributed by atoms with Crippen LogP contribution in [0.4, 0.5) is 0 Å². The number of nitrogens with one attached hydrogen (secondary N) is 1. The highest BCUT2D eigenvalue weighted by molar-refractivity contribution is 4.86. The third kappa shape index (κ3) is 3.45. The minimum Gasteiger partial charge on any atom is -0.314 e. The van der Waals surface area contributed by atoms with Crippen molar-refractivity contribution >= 4 is 0 Å². The maximum Gasteiger partial charge on any atom is 0.00980 e. The summed E-state index contributed by atoms with van der Waals surface area (Å²) in [6, 6.07) is 1.68. The van der Waals surface area contributed by atoms with Crippen molar-refractivity contribution in [2.24, 2.45) is 11.8 Å². The van der Waals surface area contributed by atoms with Gasteiger partial charge in [0.2, 0.25) is 0 Å². The van der Waals surface area contributed by atoms with E-state index in [1.165, 1.54) is 45.2 Å². The minimum atomic E-state index is 0.788. The topological polar surface area (TPSA) is 15.3 Å². The zero-order valence-corrected chi connectivity index (χ0v) is 11.9. The monoisotopic (exact) mass is 238 g/mol. The van der Waals surface area contributed by atoms with Crippen molar-refractivity contribution in [2.75, 3.05) is 19.6 Å². The van der Waals surface area contributed by atoms with Gasteiger partial charge in [-0.05, 0) is 63.6 Å². The Morgan fingerprint density at radius 2 is 1.71 bits per heavy atom. The predicted molar refractivity (Wildman–Crippen MR) is 74.2 cm³/mol. The van der Waals surface area contributed by atoms with E-state index in [0.717, 1.165) is 30.5 Å². The van der Waals surface area contributed by atoms with Crippen LogP contribution in [0.3, 0.4) is 0 Å². The third-order valence-electron chi connectivity index (χ3n) is 5.11. The van der Waals surface area contributed by atoms with Gasteiger partial charge >= 0.3 is 0 Å². The normalized spacial score (nSPS) is 37.2. The minimum absolute atomic E-state index is 0.788. The van der Waals surface area contributed by atoms with E-state index in [1.807, 2.05) is 0 Å². The lowest BCUT2D eigenvalue weighted by Gasteiger charge is -2.42. The molecule has 100 valence electrons. The molecule has 0 amide bonds. The molecule has 0 spiro atoms. The standard InChI is InChI=1S/C15H30N2/c1-4-16-14-7-9-17(10-8-14)15-6-5-12(2)13(3)11-15/h12-16H,4-11H2,1-3H3. The molecule has 0 radical (unpaired) electrons. The van der Waals surface area contributed by atoms with Crippen molar-refractivity contribution in [1.29, 1.82) is 0 Å². The second-order valence-corrected chi connectivity index (χ2v) is 6.29. The zero-order valence-electron chi connectivity index (χ0n) is 11.9. The molecular weight excluding hydrogens is 208 g/mol. The Morgan fingerprint density at radius 1 is 1.00 bits per heavy atom. The highest BCUT2D eigenvalue weighted by Crippen LogP contribution is 2.33. The fourth-order valence-electron chi connectivity index (χ4n) is 3.61. The lowest BCUT2D eigenvalue weighted by atomic mass is 9.78. The van der Waals surface area contributed by atoms with E-state index in [1.54, 1.807) is 0 Å². The number of rotatable bonds is 3. The summed E-state index contributed by atoms with van der Waals surface area (Å²) < 4.78 is 0. The van der Waals surface area contributed by atoms with Crippen LogP contribution in [0.5, 0.6) is 0 Å². The maximum absolute atomic E-state index is 3.60. The summed E-state index contributed by atoms with van der Waals surface area (Å²) in [5, 5.41) is 3.60. The van der Waals surface area contributed by atoms with Crippen molar-refractivity contribution in [3.8, 4) is 0 Å². The number of hydrogen-bond acceptors (Lipinski definition) is 2. The van der Waals surface area contributed by atoms with Crippen LogP contribution in [0.15, 0.2) is 0 Å². The summed E-state index contributed by atoms with van der Waals surface area (Å²) in [5.74, 6) is 1.88. The van der Waals surface area contributed by atoms with Crippen molar-refractivity contribution in [3.63, 3.8) is 0 Å². The second-order valence-electron chi connectivity index (χ2n) is 6.29. The van der Waals surface area contributed by atoms with Crippen molar-refractivity contribution in [1.82, 2.24) is 10.2 Å². The van der Waals surface area contributed by atoms with Crippen molar-refractivity contribution in [3.05, 3.63) is 0 Å². The van der Waals surface area contributed by atoms with E-state index in [0.29, 0.717) is 0 Å². The first-order chi connectivity index (χ1) is 8.20. The van der Waals surface area contributed by atoms with Crippen LogP contribution in [0.25, 0.3) is 0 Å². The van der Waals surface area contributed by atoms with Gasteiger partial charge < -0.3 is 10.2 Å². The van der Waals surface area contributed by atoms with E-state index in [2.05, 4.69) is 31.0 Å². The van der Waals surface area contributed by atoms with Gasteiger partial charge in [0.15, 0.2) is 0 Å². The highest BCUT2D eigenvalue weighted by Gasteiger charge is 2.30. The quantitative estimate of drug-likeness (QED) is 0.813. The number of likely N-dealkylation sites (tertiary alicyclic amines) is 1. The molecule has 17 heavy (non-hydrogen) atoms. The number of hydrogen-bond donors (Lipinski definition) is 1. The first kappa shape index (κ1) is 13.4. The molecule has 1 heterocycles. The summed E-state index contributed by atoms with van der Waals surface area (Å²) in [4.78, 5) is 2.77. The lowest BCUT2D eigenvalue weighted by Crippen LogP contribution is -2.48. The van der Waals surface area contributed by atoms with Gasteiger partial charge in [0, 0.05) is 12.1 Å². The van der Waals surface area contributed by atoms with Gasteiger partial charge in [-0.2, -0.15) is 0 Å². The predicted octanol–water partition coefficient (Wildman–Crippen LogP) is 2.89. The van der Waals surface area contributed by atoms with Gasteiger partial charge in [-0.1, -0.05) is 20.8 Å². The van der Waals surface area contributed by atoms with Crippen LogP contribution in [-0.2, 0) is 0 Å². The van der Waals surface area contributed by atoms with Crippen LogP contribution in [0.1, 0.15) is 52.9 Å². The van der Waals surface area contributed by atoms with Crippen LogP contribution >= 0.6 is 0 Å². The first-order valence-corrected chi connectivity index (χ1v) is 7.68. The number of piperidine rings is 1. The van der Waals surface area contributed by atoms with Crippen LogP contribution in [0.2, 0.25) is 0 Å². The lowest BCUT2D eigenvalue weighted by molar-refractivity contribution is 0.0826. The molecule has 1 aliphatic heterocycles. The van der Waals surface area contributed by atoms with Gasteiger partial charge in [-0.3, -0.25) is 0 Å². The molecule has 0 aromatic rings. The molecule has 1 saturated heterocycles. The second kappa shape index (κ2) is 6.19. The molecule has 2 fully saturated rings. The third-order valence-corrected chi connectivity index (χ3v) is 5.11. The molecule has 1 aliphatic carbocycles. The largest absolute Gasteiger partial charge is 0.314 e. The van der Waals surface area contributed by atoms with Crippen LogP contribution in [-0.4, -0.2) is 36.6 Å². The molecule has 0 bridgehead atoms. The maximum atomic E-state index is 3.60. The van der Waals surface area contributed by atoms with E-state index in [9.17, 15) is 0 Å². The Balaban J connectivity index is 1.77. The Bertz CT molecular complexity index is 221. The van der Waals surface area contributed by atoms with Gasteiger partial charge in [0.05, 0.1) is 0 Å². The average Bonchev–Trinajstić information content (AvgIpc) is 2.34. The number of nitrogens with zero attached hydrogens (tertiary/aromatic N) is 1. The highest BCUT2D eigenvalue weighted by atomic mass is 15.2. The van der Waals surface area contributed by atoms with Crippen LogP contribution in [0, 0.1) is 11.8 Å². The van der Waals surface area contributed by atoms with Crippen molar-refractivity contribution in [2.45, 2.75) is 65.0 Å². The van der Waals surface area contributed by atoms with E-state index in [-0.39, 0.29) is 0 Å². The summed E-state index contributed by atoms with van der Waals surface area (Å²) in [6.07, 6.45) is 7.03. The molecule has 3 atom stereocenters. The molecule has 1 saturated carbocycles. The smallest absolute Gasteiger partial charge is 0.00980 e.